The number of nitrogens with one attached hydrogen (secondary N) is 1. The predicted octanol–water partition coefficient (Wildman–Crippen LogP) is 5.24. The third-order valence-corrected chi connectivity index (χ3v) is 4.95. The molecular weight excluding hydrogens is 437 g/mol. The topological polar surface area (TPSA) is 101 Å². The molecule has 0 spiro atoms. The molecule has 0 fully saturated rings. The number of carbonyl (C=O) groups is 1. The fourth-order valence-corrected chi connectivity index (χ4v) is 3.01. The van der Waals surface area contributed by atoms with Crippen LogP contribution >= 0.6 is 0 Å². The Kier molecular flexibility index (Phi) is 6.76. The highest BCUT2D eigenvalue weighted by Gasteiger charge is 2.33. The monoisotopic (exact) mass is 462 g/mol. The molecule has 33 heavy (non-hydrogen) atoms. The Morgan fingerprint density at radius 3 is 2.39 bits per heavy atom. The lowest BCUT2D eigenvalue weighted by atomic mass is 9.95. The van der Waals surface area contributed by atoms with Crippen molar-refractivity contribution in [1.29, 1.82) is 0 Å². The zero-order valence-corrected chi connectivity index (χ0v) is 18.7. The van der Waals surface area contributed by atoms with Gasteiger partial charge in [-0.3, -0.25) is 9.78 Å². The minimum Gasteiger partial charge on any atom is -0.481 e. The van der Waals surface area contributed by atoms with E-state index in [1.807, 2.05) is 0 Å². The summed E-state index contributed by atoms with van der Waals surface area (Å²) in [7, 11) is 0. The van der Waals surface area contributed by atoms with Crippen LogP contribution in [0, 0.1) is 11.3 Å². The van der Waals surface area contributed by atoms with E-state index in [0.29, 0.717) is 29.5 Å². The lowest BCUT2D eigenvalue weighted by Gasteiger charge is -2.20. The highest BCUT2D eigenvalue weighted by atomic mass is 19.4. The van der Waals surface area contributed by atoms with Crippen molar-refractivity contribution >= 4 is 5.97 Å². The van der Waals surface area contributed by atoms with Gasteiger partial charge in [0, 0.05) is 29.6 Å². The van der Waals surface area contributed by atoms with Crippen molar-refractivity contribution in [3.63, 3.8) is 0 Å². The van der Waals surface area contributed by atoms with E-state index < -0.39 is 23.3 Å². The van der Waals surface area contributed by atoms with Gasteiger partial charge in [0.2, 0.25) is 5.88 Å². The molecule has 3 aromatic heterocycles. The van der Waals surface area contributed by atoms with Crippen molar-refractivity contribution in [3.05, 3.63) is 48.0 Å². The lowest BCUT2D eigenvalue weighted by molar-refractivity contribution is -0.148. The normalized spacial score (nSPS) is 12.2. The molecule has 2 N–H and O–H groups in total. The zero-order valence-electron chi connectivity index (χ0n) is 18.7. The van der Waals surface area contributed by atoms with Crippen molar-refractivity contribution in [2.75, 3.05) is 6.61 Å². The van der Waals surface area contributed by atoms with Gasteiger partial charge in [0.05, 0.1) is 17.3 Å². The summed E-state index contributed by atoms with van der Waals surface area (Å²) >= 11 is 0. The fourth-order valence-electron chi connectivity index (χ4n) is 3.01. The highest BCUT2D eigenvalue weighted by molar-refractivity contribution is 5.73. The molecule has 0 aromatic carbocycles. The molecule has 0 atom stereocenters. The molecule has 3 aromatic rings. The Labute approximate surface area is 189 Å². The van der Waals surface area contributed by atoms with Crippen LogP contribution in [0.25, 0.3) is 22.6 Å². The summed E-state index contributed by atoms with van der Waals surface area (Å²) in [4.78, 5) is 26.1. The van der Waals surface area contributed by atoms with Gasteiger partial charge in [-0.25, -0.2) is 9.97 Å². The number of aromatic amines is 1. The predicted molar refractivity (Wildman–Crippen MR) is 116 cm³/mol. The molecule has 10 heteroatoms. The Morgan fingerprint density at radius 2 is 1.85 bits per heavy atom. The molecule has 0 aliphatic heterocycles. The van der Waals surface area contributed by atoms with Crippen LogP contribution in [0.4, 0.5) is 13.2 Å². The van der Waals surface area contributed by atoms with Gasteiger partial charge in [-0.15, -0.1) is 0 Å². The van der Waals surface area contributed by atoms with Gasteiger partial charge in [-0.2, -0.15) is 13.2 Å². The number of nitrogens with zero attached hydrogens (tertiary/aromatic N) is 3. The van der Waals surface area contributed by atoms with Gasteiger partial charge in [0.15, 0.2) is 0 Å². The van der Waals surface area contributed by atoms with Gasteiger partial charge in [0.1, 0.15) is 18.1 Å². The molecule has 0 saturated carbocycles. The Balaban J connectivity index is 1.86. The minimum absolute atomic E-state index is 0.0359. The summed E-state index contributed by atoms with van der Waals surface area (Å²) in [6, 6.07) is 5.10. The first-order chi connectivity index (χ1) is 15.4. The number of carboxylic acids is 1. The van der Waals surface area contributed by atoms with Crippen LogP contribution in [-0.4, -0.2) is 37.6 Å². The summed E-state index contributed by atoms with van der Waals surface area (Å²) in [5.41, 5.74) is 0.710. The first-order valence-corrected chi connectivity index (χ1v) is 10.3. The number of aliphatic carboxylic acids is 1. The number of halogens is 3. The maximum atomic E-state index is 12.8. The third-order valence-electron chi connectivity index (χ3n) is 4.95. The number of pyridine rings is 2. The van der Waals surface area contributed by atoms with Crippen molar-refractivity contribution in [1.82, 2.24) is 19.9 Å². The molecular formula is C23H25F3N4O3. The van der Waals surface area contributed by atoms with Crippen LogP contribution < -0.4 is 4.74 Å². The maximum Gasteiger partial charge on any atom is 0.432 e. The molecule has 3 rings (SSSR count). The number of alkyl halides is 3. The smallest absolute Gasteiger partial charge is 0.432 e. The van der Waals surface area contributed by atoms with Crippen LogP contribution in [0.3, 0.4) is 0 Å². The summed E-state index contributed by atoms with van der Waals surface area (Å²) in [6.07, 6.45) is 0.00956. The number of ether oxygens (including phenoxy) is 1. The van der Waals surface area contributed by atoms with Crippen LogP contribution in [0.1, 0.15) is 39.0 Å². The quantitative estimate of drug-likeness (QED) is 0.475. The number of hydrogen-bond donors (Lipinski definition) is 2. The Bertz CT molecular complexity index is 1120. The van der Waals surface area contributed by atoms with Crippen molar-refractivity contribution < 1.29 is 27.8 Å². The molecule has 3 heterocycles. The summed E-state index contributed by atoms with van der Waals surface area (Å²) in [5, 5.41) is 9.26. The van der Waals surface area contributed by atoms with Crippen molar-refractivity contribution in [2.45, 2.75) is 40.3 Å². The van der Waals surface area contributed by atoms with Crippen molar-refractivity contribution in [3.8, 4) is 28.5 Å². The van der Waals surface area contributed by atoms with Gasteiger partial charge >= 0.3 is 12.1 Å². The molecule has 7 nitrogen and oxygen atoms in total. The zero-order chi connectivity index (χ0) is 24.4. The molecule has 0 unspecified atom stereocenters. The second-order valence-corrected chi connectivity index (χ2v) is 8.83. The van der Waals surface area contributed by atoms with E-state index in [-0.39, 0.29) is 12.4 Å². The van der Waals surface area contributed by atoms with Gasteiger partial charge < -0.3 is 14.8 Å². The average Bonchev–Trinajstić information content (AvgIpc) is 3.23. The molecule has 0 saturated heterocycles. The van der Waals surface area contributed by atoms with Gasteiger partial charge in [-0.1, -0.05) is 13.8 Å². The van der Waals surface area contributed by atoms with E-state index in [0.717, 1.165) is 17.3 Å². The second kappa shape index (κ2) is 9.21. The fraction of sp³-hybridized carbons (Fsp3) is 0.391. The molecule has 0 radical (unpaired) electrons. The second-order valence-electron chi connectivity index (χ2n) is 8.83. The maximum absolute atomic E-state index is 12.8. The lowest BCUT2D eigenvalue weighted by Crippen LogP contribution is -2.30. The highest BCUT2D eigenvalue weighted by Crippen LogP contribution is 2.31. The van der Waals surface area contributed by atoms with Crippen LogP contribution in [0.5, 0.6) is 5.88 Å². The number of hydrogen-bond acceptors (Lipinski definition) is 5. The number of rotatable bonds is 8. The minimum atomic E-state index is -4.50. The number of imidazole rings is 1. The van der Waals surface area contributed by atoms with Crippen LogP contribution in [-0.2, 0) is 17.4 Å². The molecule has 0 bridgehead atoms. The van der Waals surface area contributed by atoms with E-state index in [2.05, 4.69) is 33.8 Å². The van der Waals surface area contributed by atoms with E-state index >= 15 is 0 Å². The largest absolute Gasteiger partial charge is 0.481 e. The molecule has 0 aliphatic carbocycles. The Hall–Kier alpha value is -3.43. The molecule has 0 aliphatic rings. The standard InChI is InChI=1S/C23H25F3N4O3/c1-13(2)7-15-8-19(33-12-22(3,4)21(31)32)28-10-16(15)17-6-5-14(9-27-17)20-29-11-18(30-20)23(24,25)26/h5-6,8-11,13H,7,12H2,1-4H3,(H,29,30)(H,31,32). The average molecular weight is 462 g/mol. The van der Waals surface area contributed by atoms with E-state index in [9.17, 15) is 23.1 Å². The third kappa shape index (κ3) is 5.88. The molecule has 0 amide bonds. The number of aromatic nitrogens is 4. The summed E-state index contributed by atoms with van der Waals surface area (Å²) in [6.45, 7) is 7.22. The number of carboxylic acid groups (broad SMARTS) is 1. The first kappa shape index (κ1) is 24.2. The van der Waals surface area contributed by atoms with Crippen LogP contribution in [0.2, 0.25) is 0 Å². The van der Waals surface area contributed by atoms with E-state index in [1.54, 1.807) is 38.2 Å². The van der Waals surface area contributed by atoms with Gasteiger partial charge in [0.25, 0.3) is 0 Å². The van der Waals surface area contributed by atoms with Gasteiger partial charge in [-0.05, 0) is 43.9 Å². The van der Waals surface area contributed by atoms with E-state index in [4.69, 9.17) is 4.74 Å². The van der Waals surface area contributed by atoms with Crippen molar-refractivity contribution in [2.24, 2.45) is 11.3 Å². The first-order valence-electron chi connectivity index (χ1n) is 10.3. The summed E-state index contributed by atoms with van der Waals surface area (Å²) in [5.74, 6) is -0.260. The summed E-state index contributed by atoms with van der Waals surface area (Å²) < 4.78 is 44.1. The SMILES string of the molecule is CC(C)Cc1cc(OCC(C)(C)C(=O)O)ncc1-c1ccc(-c2ncc(C(F)(F)F)[nH]2)cn1. The number of H-pyrrole nitrogens is 1. The Morgan fingerprint density at radius 1 is 1.12 bits per heavy atom. The molecule has 176 valence electrons. The van der Waals surface area contributed by atoms with E-state index in [1.165, 1.54) is 6.20 Å². The van der Waals surface area contributed by atoms with Crippen LogP contribution in [0.15, 0.2) is 36.8 Å².